The average Bonchev–Trinajstić information content (AvgIpc) is 2.45. The Balaban J connectivity index is 0.00000361. The predicted octanol–water partition coefficient (Wildman–Crippen LogP) is -0.142. The molecular formula is C13H28ClN3O3. The summed E-state index contributed by atoms with van der Waals surface area (Å²) in [6, 6.07) is 0. The Kier molecular flexibility index (Phi) is 12.1. The summed E-state index contributed by atoms with van der Waals surface area (Å²) in [5.41, 5.74) is 5.39. The molecule has 1 aliphatic rings. The molecule has 6 nitrogen and oxygen atoms in total. The topological polar surface area (TPSA) is 76.8 Å². The van der Waals surface area contributed by atoms with Crippen LogP contribution in [0.3, 0.4) is 0 Å². The minimum atomic E-state index is 0. The molecule has 0 radical (unpaired) electrons. The van der Waals surface area contributed by atoms with Gasteiger partial charge in [-0.05, 0) is 19.4 Å². The summed E-state index contributed by atoms with van der Waals surface area (Å²) in [6.45, 7) is 5.77. The molecule has 1 fully saturated rings. The quantitative estimate of drug-likeness (QED) is 0.580. The van der Waals surface area contributed by atoms with Gasteiger partial charge in [0.25, 0.3) is 0 Å². The maximum Gasteiger partial charge on any atom is 0.224 e. The van der Waals surface area contributed by atoms with Crippen LogP contribution in [0.4, 0.5) is 0 Å². The number of carbonyl (C=O) groups excluding carboxylic acids is 1. The van der Waals surface area contributed by atoms with Gasteiger partial charge >= 0.3 is 0 Å². The second kappa shape index (κ2) is 12.3. The zero-order valence-electron chi connectivity index (χ0n) is 12.3. The highest BCUT2D eigenvalue weighted by Gasteiger charge is 2.25. The first-order chi connectivity index (χ1) is 9.27. The minimum absolute atomic E-state index is 0. The van der Waals surface area contributed by atoms with Gasteiger partial charge in [-0.15, -0.1) is 12.4 Å². The van der Waals surface area contributed by atoms with Crippen molar-refractivity contribution in [3.8, 4) is 0 Å². The van der Waals surface area contributed by atoms with Crippen molar-refractivity contribution < 1.29 is 14.3 Å². The fraction of sp³-hybridized carbons (Fsp3) is 0.923. The number of halogens is 1. The zero-order valence-corrected chi connectivity index (χ0v) is 13.1. The van der Waals surface area contributed by atoms with Crippen molar-refractivity contribution in [2.75, 3.05) is 59.7 Å². The number of hydrogen-bond acceptors (Lipinski definition) is 5. The van der Waals surface area contributed by atoms with Gasteiger partial charge in [-0.2, -0.15) is 0 Å². The van der Waals surface area contributed by atoms with Crippen LogP contribution in [-0.4, -0.2) is 70.5 Å². The number of piperidine rings is 1. The number of ether oxygens (including phenoxy) is 2. The molecule has 120 valence electrons. The molecule has 20 heavy (non-hydrogen) atoms. The number of nitrogens with zero attached hydrogens (tertiary/aromatic N) is 1. The Labute approximate surface area is 127 Å². The van der Waals surface area contributed by atoms with Crippen molar-refractivity contribution in [1.29, 1.82) is 0 Å². The van der Waals surface area contributed by atoms with E-state index in [0.717, 1.165) is 32.5 Å². The molecule has 1 aliphatic heterocycles. The Bertz CT molecular complexity index is 257. The summed E-state index contributed by atoms with van der Waals surface area (Å²) in [5, 5.41) is 2.87. The van der Waals surface area contributed by atoms with Gasteiger partial charge < -0.3 is 25.4 Å². The summed E-state index contributed by atoms with van der Waals surface area (Å²) in [5.74, 6) is 0.231. The van der Waals surface area contributed by atoms with Gasteiger partial charge in [0, 0.05) is 33.3 Å². The van der Waals surface area contributed by atoms with Gasteiger partial charge in [0.05, 0.1) is 25.7 Å². The van der Waals surface area contributed by atoms with E-state index in [1.165, 1.54) is 0 Å². The first-order valence-corrected chi connectivity index (χ1v) is 7.04. The molecule has 3 N–H and O–H groups in total. The maximum atomic E-state index is 11.9. The number of nitrogens with one attached hydrogen (secondary N) is 1. The van der Waals surface area contributed by atoms with E-state index in [2.05, 4.69) is 10.2 Å². The predicted molar refractivity (Wildman–Crippen MR) is 81.2 cm³/mol. The highest BCUT2D eigenvalue weighted by Crippen LogP contribution is 2.16. The number of methoxy groups -OCH3 is 1. The number of nitrogens with two attached hydrogens (primary N) is 1. The Morgan fingerprint density at radius 3 is 2.90 bits per heavy atom. The summed E-state index contributed by atoms with van der Waals surface area (Å²) in [6.07, 6.45) is 2.04. The minimum Gasteiger partial charge on any atom is -0.382 e. The largest absolute Gasteiger partial charge is 0.382 e. The Morgan fingerprint density at radius 1 is 1.40 bits per heavy atom. The highest BCUT2D eigenvalue weighted by molar-refractivity contribution is 5.85. The molecule has 1 atom stereocenters. The first kappa shape index (κ1) is 19.6. The fourth-order valence-electron chi connectivity index (χ4n) is 2.25. The molecule has 1 amide bonds. The molecule has 0 aromatic heterocycles. The SMILES string of the molecule is COCCOCCN1CCCC(C(=O)NCCN)C1.Cl. The molecule has 0 bridgehead atoms. The number of likely N-dealkylation sites (tertiary alicyclic amines) is 1. The van der Waals surface area contributed by atoms with Crippen LogP contribution in [0.15, 0.2) is 0 Å². The second-order valence-electron chi connectivity index (χ2n) is 4.82. The monoisotopic (exact) mass is 309 g/mol. The Hall–Kier alpha value is -0.400. The molecule has 0 saturated carbocycles. The van der Waals surface area contributed by atoms with Crippen LogP contribution < -0.4 is 11.1 Å². The standard InChI is InChI=1S/C13H27N3O3.ClH/c1-18-9-10-19-8-7-16-6-2-3-12(11-16)13(17)15-5-4-14;/h12H,2-11,14H2,1H3,(H,15,17);1H. The van der Waals surface area contributed by atoms with Gasteiger partial charge in [-0.25, -0.2) is 0 Å². The summed E-state index contributed by atoms with van der Waals surface area (Å²) in [4.78, 5) is 14.2. The van der Waals surface area contributed by atoms with E-state index >= 15 is 0 Å². The van der Waals surface area contributed by atoms with Crippen molar-refractivity contribution in [2.24, 2.45) is 11.7 Å². The third kappa shape index (κ3) is 8.01. The van der Waals surface area contributed by atoms with Gasteiger partial charge in [-0.1, -0.05) is 0 Å². The van der Waals surface area contributed by atoms with Crippen molar-refractivity contribution in [1.82, 2.24) is 10.2 Å². The molecule has 1 heterocycles. The third-order valence-electron chi connectivity index (χ3n) is 3.30. The Morgan fingerprint density at radius 2 is 2.20 bits per heavy atom. The summed E-state index contributed by atoms with van der Waals surface area (Å²) < 4.78 is 10.4. The normalized spacial score (nSPS) is 19.4. The summed E-state index contributed by atoms with van der Waals surface area (Å²) in [7, 11) is 1.67. The van der Waals surface area contributed by atoms with Crippen molar-refractivity contribution >= 4 is 18.3 Å². The average molecular weight is 310 g/mol. The van der Waals surface area contributed by atoms with E-state index < -0.39 is 0 Å². The number of carbonyl (C=O) groups is 1. The van der Waals surface area contributed by atoms with Crippen LogP contribution in [0.1, 0.15) is 12.8 Å². The van der Waals surface area contributed by atoms with Gasteiger partial charge in [-0.3, -0.25) is 4.79 Å². The zero-order chi connectivity index (χ0) is 13.9. The smallest absolute Gasteiger partial charge is 0.224 e. The summed E-state index contributed by atoms with van der Waals surface area (Å²) >= 11 is 0. The highest BCUT2D eigenvalue weighted by atomic mass is 35.5. The van der Waals surface area contributed by atoms with Crippen LogP contribution in [0.25, 0.3) is 0 Å². The van der Waals surface area contributed by atoms with Gasteiger partial charge in [0.15, 0.2) is 0 Å². The molecule has 0 spiro atoms. The van der Waals surface area contributed by atoms with Crippen molar-refractivity contribution in [3.05, 3.63) is 0 Å². The maximum absolute atomic E-state index is 11.9. The van der Waals surface area contributed by atoms with E-state index in [1.54, 1.807) is 7.11 Å². The lowest BCUT2D eigenvalue weighted by molar-refractivity contribution is -0.126. The first-order valence-electron chi connectivity index (χ1n) is 7.04. The molecule has 0 aromatic rings. The van der Waals surface area contributed by atoms with E-state index in [-0.39, 0.29) is 24.2 Å². The van der Waals surface area contributed by atoms with Crippen LogP contribution in [0, 0.1) is 5.92 Å². The molecule has 7 heteroatoms. The second-order valence-corrected chi connectivity index (χ2v) is 4.82. The van der Waals surface area contributed by atoms with E-state index in [1.807, 2.05) is 0 Å². The fourth-order valence-corrected chi connectivity index (χ4v) is 2.25. The van der Waals surface area contributed by atoms with Crippen LogP contribution in [0.2, 0.25) is 0 Å². The van der Waals surface area contributed by atoms with Gasteiger partial charge in [0.1, 0.15) is 0 Å². The molecular weight excluding hydrogens is 282 g/mol. The lowest BCUT2D eigenvalue weighted by Crippen LogP contribution is -2.44. The van der Waals surface area contributed by atoms with E-state index in [9.17, 15) is 4.79 Å². The van der Waals surface area contributed by atoms with Crippen molar-refractivity contribution in [3.63, 3.8) is 0 Å². The molecule has 0 aliphatic carbocycles. The third-order valence-corrected chi connectivity index (χ3v) is 3.30. The number of rotatable bonds is 9. The molecule has 1 saturated heterocycles. The molecule has 1 rings (SSSR count). The van der Waals surface area contributed by atoms with Gasteiger partial charge in [0.2, 0.25) is 5.91 Å². The van der Waals surface area contributed by atoms with E-state index in [4.69, 9.17) is 15.2 Å². The van der Waals surface area contributed by atoms with Crippen molar-refractivity contribution in [2.45, 2.75) is 12.8 Å². The van der Waals surface area contributed by atoms with E-state index in [0.29, 0.717) is 32.9 Å². The molecule has 0 aromatic carbocycles. The number of hydrogen-bond donors (Lipinski definition) is 2. The molecule has 1 unspecified atom stereocenters. The van der Waals surface area contributed by atoms with Crippen LogP contribution in [-0.2, 0) is 14.3 Å². The van der Waals surface area contributed by atoms with Crippen LogP contribution >= 0.6 is 12.4 Å². The number of amides is 1. The lowest BCUT2D eigenvalue weighted by atomic mass is 9.97. The van der Waals surface area contributed by atoms with Crippen LogP contribution in [0.5, 0.6) is 0 Å². The lowest BCUT2D eigenvalue weighted by Gasteiger charge is -2.31.